The third kappa shape index (κ3) is 4.04. The summed E-state index contributed by atoms with van der Waals surface area (Å²) in [6.07, 6.45) is 3.89. The minimum atomic E-state index is 0.245. The van der Waals surface area contributed by atoms with Crippen LogP contribution in [-0.2, 0) is 0 Å². The van der Waals surface area contributed by atoms with Crippen molar-refractivity contribution in [3.05, 3.63) is 0 Å². The zero-order chi connectivity index (χ0) is 12.0. The van der Waals surface area contributed by atoms with Gasteiger partial charge in [0.25, 0.3) is 0 Å². The average Bonchev–Trinajstić information content (AvgIpc) is 2.31. The van der Waals surface area contributed by atoms with Crippen LogP contribution in [0.15, 0.2) is 0 Å². The predicted octanol–water partition coefficient (Wildman–Crippen LogP) is 1.47. The Kier molecular flexibility index (Phi) is 5.73. The van der Waals surface area contributed by atoms with E-state index in [1.807, 2.05) is 0 Å². The average molecular weight is 228 g/mol. The van der Waals surface area contributed by atoms with Crippen molar-refractivity contribution in [3.8, 4) is 0 Å². The summed E-state index contributed by atoms with van der Waals surface area (Å²) in [6.45, 7) is 11.3. The first-order valence-electron chi connectivity index (χ1n) is 6.70. The van der Waals surface area contributed by atoms with E-state index in [2.05, 4.69) is 31.0 Å². The second kappa shape index (κ2) is 6.58. The fraction of sp³-hybridized carbons (Fsp3) is 1.00. The number of hydrogen-bond donors (Lipinski definition) is 2. The molecule has 1 aliphatic rings. The normalized spacial score (nSPS) is 23.2. The second-order valence-electron chi connectivity index (χ2n) is 5.40. The van der Waals surface area contributed by atoms with Gasteiger partial charge in [0.2, 0.25) is 0 Å². The van der Waals surface area contributed by atoms with Gasteiger partial charge in [-0.05, 0) is 37.9 Å². The van der Waals surface area contributed by atoms with E-state index in [0.717, 1.165) is 13.1 Å². The number of likely N-dealkylation sites (N-methyl/N-ethyl adjacent to an activating group) is 1. The first-order chi connectivity index (χ1) is 7.63. The van der Waals surface area contributed by atoms with Gasteiger partial charge in [0.05, 0.1) is 6.61 Å². The Balaban J connectivity index is 2.30. The van der Waals surface area contributed by atoms with Crippen LogP contribution in [0.1, 0.15) is 40.0 Å². The van der Waals surface area contributed by atoms with Crippen molar-refractivity contribution in [2.24, 2.45) is 5.41 Å². The minimum absolute atomic E-state index is 0.245. The molecule has 3 heteroatoms. The third-order valence-electron chi connectivity index (χ3n) is 4.11. The van der Waals surface area contributed by atoms with Crippen LogP contribution < -0.4 is 5.32 Å². The van der Waals surface area contributed by atoms with Crippen LogP contribution in [-0.4, -0.2) is 48.8 Å². The molecular formula is C13H28N2O. The van der Waals surface area contributed by atoms with Gasteiger partial charge < -0.3 is 15.3 Å². The maximum atomic E-state index is 9.25. The van der Waals surface area contributed by atoms with Crippen LogP contribution in [0.25, 0.3) is 0 Å². The van der Waals surface area contributed by atoms with Crippen molar-refractivity contribution in [2.45, 2.75) is 46.1 Å². The highest BCUT2D eigenvalue weighted by molar-refractivity contribution is 4.83. The molecule has 0 spiro atoms. The van der Waals surface area contributed by atoms with Crippen LogP contribution in [0.5, 0.6) is 0 Å². The largest absolute Gasteiger partial charge is 0.395 e. The van der Waals surface area contributed by atoms with Crippen molar-refractivity contribution >= 4 is 0 Å². The summed E-state index contributed by atoms with van der Waals surface area (Å²) in [5.41, 5.74) is 0.559. The fourth-order valence-electron chi connectivity index (χ4n) is 2.42. The number of nitrogens with one attached hydrogen (secondary N) is 1. The van der Waals surface area contributed by atoms with E-state index in [0.29, 0.717) is 5.41 Å². The van der Waals surface area contributed by atoms with Crippen molar-refractivity contribution in [1.29, 1.82) is 0 Å². The molecule has 3 nitrogen and oxygen atoms in total. The summed E-state index contributed by atoms with van der Waals surface area (Å²) >= 11 is 0. The van der Waals surface area contributed by atoms with E-state index in [9.17, 15) is 5.11 Å². The molecular weight excluding hydrogens is 200 g/mol. The number of piperidine rings is 1. The number of likely N-dealkylation sites (tertiary alicyclic amines) is 1. The van der Waals surface area contributed by atoms with Crippen molar-refractivity contribution in [1.82, 2.24) is 10.2 Å². The van der Waals surface area contributed by atoms with Gasteiger partial charge in [-0.3, -0.25) is 0 Å². The Hall–Kier alpha value is -0.120. The zero-order valence-corrected chi connectivity index (χ0v) is 11.1. The Morgan fingerprint density at radius 3 is 2.38 bits per heavy atom. The molecule has 0 amide bonds. The highest BCUT2D eigenvalue weighted by atomic mass is 16.3. The van der Waals surface area contributed by atoms with E-state index in [-0.39, 0.29) is 12.6 Å². The Morgan fingerprint density at radius 2 is 1.94 bits per heavy atom. The molecule has 0 aromatic rings. The van der Waals surface area contributed by atoms with Crippen LogP contribution in [0.4, 0.5) is 0 Å². The Labute approximate surface area is 100 Å². The van der Waals surface area contributed by atoms with Crippen LogP contribution >= 0.6 is 0 Å². The smallest absolute Gasteiger partial charge is 0.0597 e. The maximum Gasteiger partial charge on any atom is 0.0597 e. The van der Waals surface area contributed by atoms with Crippen molar-refractivity contribution in [2.75, 3.05) is 32.8 Å². The second-order valence-corrected chi connectivity index (χ2v) is 5.40. The number of nitrogens with zero attached hydrogens (tertiary/aromatic N) is 1. The summed E-state index contributed by atoms with van der Waals surface area (Å²) < 4.78 is 0. The van der Waals surface area contributed by atoms with E-state index >= 15 is 0 Å². The Bertz CT molecular complexity index is 188. The number of hydrogen-bond acceptors (Lipinski definition) is 3. The number of aliphatic hydroxyl groups excluding tert-OH is 1. The summed E-state index contributed by atoms with van der Waals surface area (Å²) in [6, 6.07) is 0.246. The number of rotatable bonds is 6. The van der Waals surface area contributed by atoms with Crippen molar-refractivity contribution < 1.29 is 5.11 Å². The first kappa shape index (κ1) is 13.9. The van der Waals surface area contributed by atoms with Gasteiger partial charge in [-0.15, -0.1) is 0 Å². The number of aliphatic hydroxyl groups is 1. The van der Waals surface area contributed by atoms with Gasteiger partial charge in [-0.25, -0.2) is 0 Å². The lowest BCUT2D eigenvalue weighted by Crippen LogP contribution is -2.47. The lowest BCUT2D eigenvalue weighted by molar-refractivity contribution is 0.0961. The molecule has 1 unspecified atom stereocenters. The molecule has 0 saturated carbocycles. The lowest BCUT2D eigenvalue weighted by Gasteiger charge is -2.40. The summed E-state index contributed by atoms with van der Waals surface area (Å²) in [7, 11) is 0. The van der Waals surface area contributed by atoms with Crippen LogP contribution in [0, 0.1) is 5.41 Å². The fourth-order valence-corrected chi connectivity index (χ4v) is 2.42. The molecule has 0 aliphatic carbocycles. The molecule has 0 radical (unpaired) electrons. The standard InChI is InChI=1S/C13H28N2O/c1-4-13(3)6-8-15(9-7-13)10-12(11-16)14-5-2/h12,14,16H,4-11H2,1-3H3. The predicted molar refractivity (Wildman–Crippen MR) is 68.6 cm³/mol. The third-order valence-corrected chi connectivity index (χ3v) is 4.11. The summed E-state index contributed by atoms with van der Waals surface area (Å²) in [5.74, 6) is 0. The van der Waals surface area contributed by atoms with Gasteiger partial charge >= 0.3 is 0 Å². The van der Waals surface area contributed by atoms with E-state index in [1.165, 1.54) is 32.4 Å². The molecule has 0 aromatic carbocycles. The topological polar surface area (TPSA) is 35.5 Å². The first-order valence-corrected chi connectivity index (χ1v) is 6.70. The Morgan fingerprint density at radius 1 is 1.31 bits per heavy atom. The maximum absolute atomic E-state index is 9.25. The van der Waals surface area contributed by atoms with Crippen molar-refractivity contribution in [3.63, 3.8) is 0 Å². The van der Waals surface area contributed by atoms with E-state index in [1.54, 1.807) is 0 Å². The zero-order valence-electron chi connectivity index (χ0n) is 11.1. The molecule has 16 heavy (non-hydrogen) atoms. The lowest BCUT2D eigenvalue weighted by atomic mass is 9.78. The molecule has 1 heterocycles. The van der Waals surface area contributed by atoms with Gasteiger partial charge in [0.1, 0.15) is 0 Å². The monoisotopic (exact) mass is 228 g/mol. The van der Waals surface area contributed by atoms with Gasteiger partial charge in [-0.1, -0.05) is 27.2 Å². The van der Waals surface area contributed by atoms with E-state index < -0.39 is 0 Å². The highest BCUT2D eigenvalue weighted by Gasteiger charge is 2.28. The SMILES string of the molecule is CCNC(CO)CN1CCC(C)(CC)CC1. The van der Waals surface area contributed by atoms with Gasteiger partial charge in [0, 0.05) is 12.6 Å². The quantitative estimate of drug-likeness (QED) is 0.722. The molecule has 1 fully saturated rings. The van der Waals surface area contributed by atoms with Gasteiger partial charge in [-0.2, -0.15) is 0 Å². The molecule has 1 rings (SSSR count). The molecule has 0 bridgehead atoms. The van der Waals surface area contributed by atoms with Crippen LogP contribution in [0.2, 0.25) is 0 Å². The molecule has 1 saturated heterocycles. The summed E-state index contributed by atoms with van der Waals surface area (Å²) in [5, 5.41) is 12.6. The molecule has 96 valence electrons. The van der Waals surface area contributed by atoms with E-state index in [4.69, 9.17) is 0 Å². The summed E-state index contributed by atoms with van der Waals surface area (Å²) in [4.78, 5) is 2.49. The molecule has 1 atom stereocenters. The molecule has 1 aliphatic heterocycles. The molecule has 2 N–H and O–H groups in total. The van der Waals surface area contributed by atoms with Gasteiger partial charge in [0.15, 0.2) is 0 Å². The molecule has 0 aromatic heterocycles. The highest BCUT2D eigenvalue weighted by Crippen LogP contribution is 2.33. The minimum Gasteiger partial charge on any atom is -0.395 e. The van der Waals surface area contributed by atoms with Crippen LogP contribution in [0.3, 0.4) is 0 Å².